The predicted octanol–water partition coefficient (Wildman–Crippen LogP) is 7.16. The lowest BCUT2D eigenvalue weighted by Crippen LogP contribution is -2.32. The summed E-state index contributed by atoms with van der Waals surface area (Å²) in [4.78, 5) is 43.3. The molecule has 0 atom stereocenters. The molecule has 12 heteroatoms. The second kappa shape index (κ2) is 17.5. The molecule has 0 spiro atoms. The topological polar surface area (TPSA) is 144 Å². The summed E-state index contributed by atoms with van der Waals surface area (Å²) in [6.07, 6.45) is 7.51. The summed E-state index contributed by atoms with van der Waals surface area (Å²) in [7, 11) is 0. The number of pyridine rings is 4. The molecule has 52 heavy (non-hydrogen) atoms. The lowest BCUT2D eigenvalue weighted by Gasteiger charge is -2.29. The monoisotopic (exact) mass is 696 g/mol. The molecule has 0 saturated carbocycles. The van der Waals surface area contributed by atoms with E-state index in [9.17, 15) is 20.2 Å². The molecular weight excluding hydrogens is 656 g/mol. The minimum atomic E-state index is -0.372. The molecule has 2 saturated heterocycles. The van der Waals surface area contributed by atoms with Gasteiger partial charge in [0.25, 0.3) is 0 Å². The highest BCUT2D eigenvalue weighted by Crippen LogP contribution is 2.31. The first-order valence-electron chi connectivity index (χ1n) is 17.1. The smallest absolute Gasteiger partial charge is 0.311 e. The van der Waals surface area contributed by atoms with Crippen molar-refractivity contribution >= 4 is 23.0 Å². The Morgan fingerprint density at radius 1 is 0.596 bits per heavy atom. The van der Waals surface area contributed by atoms with Gasteiger partial charge in [-0.05, 0) is 125 Å². The third kappa shape index (κ3) is 10.3. The molecule has 0 bridgehead atoms. The number of aromatic nitrogens is 4. The van der Waals surface area contributed by atoms with Crippen molar-refractivity contribution in [2.45, 2.75) is 53.4 Å². The van der Waals surface area contributed by atoms with Crippen LogP contribution >= 0.6 is 0 Å². The first kappa shape index (κ1) is 36.9. The van der Waals surface area contributed by atoms with Gasteiger partial charge in [0.1, 0.15) is 11.4 Å². The molecule has 0 aromatic carbocycles. The summed E-state index contributed by atoms with van der Waals surface area (Å²) in [6.45, 7) is 10.3. The molecule has 2 aliphatic heterocycles. The van der Waals surface area contributed by atoms with Gasteiger partial charge in [-0.25, -0.2) is 19.9 Å². The summed E-state index contributed by atoms with van der Waals surface area (Å²) >= 11 is 0. The van der Waals surface area contributed by atoms with E-state index in [1.807, 2.05) is 86.0 Å². The fourth-order valence-electron chi connectivity index (χ4n) is 5.87. The standard InChI is InChI=1S/2C20H20N4O2/c2*1-15-6-3-9-18(21-15)10-4-7-17-8-5-13-23(14-17)20-19(24(25)26)12-11-16(2)22-20/h2*3,6-7,9,11-12H,5,8,13-14H2,1-2H3/b2*17-7+. The van der Waals surface area contributed by atoms with Crippen molar-refractivity contribution in [1.29, 1.82) is 0 Å². The van der Waals surface area contributed by atoms with Crippen LogP contribution in [0.25, 0.3) is 0 Å². The van der Waals surface area contributed by atoms with Gasteiger partial charge >= 0.3 is 11.4 Å². The molecule has 0 unspecified atom stereocenters. The Morgan fingerprint density at radius 2 is 1.00 bits per heavy atom. The average molecular weight is 697 g/mol. The van der Waals surface area contributed by atoms with Crippen LogP contribution in [0.5, 0.6) is 0 Å². The van der Waals surface area contributed by atoms with Gasteiger partial charge in [-0.1, -0.05) is 24.0 Å². The lowest BCUT2D eigenvalue weighted by atomic mass is 10.0. The number of nitro groups is 2. The Kier molecular flexibility index (Phi) is 12.4. The first-order valence-corrected chi connectivity index (χ1v) is 17.1. The molecule has 12 nitrogen and oxygen atoms in total. The van der Waals surface area contributed by atoms with Gasteiger partial charge in [0.05, 0.1) is 9.85 Å². The number of allylic oxidation sites excluding steroid dienone is 2. The van der Waals surface area contributed by atoms with Crippen molar-refractivity contribution in [2.24, 2.45) is 0 Å². The van der Waals surface area contributed by atoms with Crippen LogP contribution in [0.3, 0.4) is 0 Å². The van der Waals surface area contributed by atoms with Crippen LogP contribution in [0, 0.1) is 71.6 Å². The van der Waals surface area contributed by atoms with E-state index in [2.05, 4.69) is 43.6 Å². The molecule has 6 heterocycles. The van der Waals surface area contributed by atoms with E-state index in [-0.39, 0.29) is 21.2 Å². The largest absolute Gasteiger partial charge is 0.347 e. The van der Waals surface area contributed by atoms with E-state index in [0.717, 1.165) is 84.1 Å². The van der Waals surface area contributed by atoms with Crippen LogP contribution in [0.1, 0.15) is 59.8 Å². The van der Waals surface area contributed by atoms with E-state index in [0.29, 0.717) is 24.7 Å². The third-order valence-corrected chi connectivity index (χ3v) is 8.35. The molecule has 0 N–H and O–H groups in total. The molecule has 0 radical (unpaired) electrons. The maximum absolute atomic E-state index is 11.3. The van der Waals surface area contributed by atoms with Crippen LogP contribution in [-0.2, 0) is 0 Å². The predicted molar refractivity (Wildman–Crippen MR) is 202 cm³/mol. The number of piperidine rings is 2. The fraction of sp³-hybridized carbons (Fsp3) is 0.300. The maximum Gasteiger partial charge on any atom is 0.311 e. The average Bonchev–Trinajstić information content (AvgIpc) is 3.12. The van der Waals surface area contributed by atoms with Gasteiger partial charge in [-0.2, -0.15) is 0 Å². The number of aryl methyl sites for hydroxylation is 4. The Morgan fingerprint density at radius 3 is 1.38 bits per heavy atom. The van der Waals surface area contributed by atoms with E-state index in [1.54, 1.807) is 12.1 Å². The first-order chi connectivity index (χ1) is 25.0. The fourth-order valence-corrected chi connectivity index (χ4v) is 5.87. The summed E-state index contributed by atoms with van der Waals surface area (Å²) in [5.41, 5.74) is 7.29. The molecule has 2 aliphatic rings. The third-order valence-electron chi connectivity index (χ3n) is 8.35. The number of rotatable bonds is 4. The number of nitrogens with zero attached hydrogens (tertiary/aromatic N) is 8. The highest BCUT2D eigenvalue weighted by atomic mass is 16.6. The van der Waals surface area contributed by atoms with Gasteiger partial charge in [0.15, 0.2) is 0 Å². The molecule has 264 valence electrons. The van der Waals surface area contributed by atoms with Gasteiger partial charge in [0, 0.05) is 61.1 Å². The number of anilines is 2. The Bertz CT molecular complexity index is 2000. The molecule has 4 aromatic rings. The summed E-state index contributed by atoms with van der Waals surface area (Å²) < 4.78 is 0. The van der Waals surface area contributed by atoms with Crippen molar-refractivity contribution < 1.29 is 9.85 Å². The summed E-state index contributed by atoms with van der Waals surface area (Å²) in [5.74, 6) is 13.1. The van der Waals surface area contributed by atoms with Crippen molar-refractivity contribution in [2.75, 3.05) is 36.0 Å². The minimum Gasteiger partial charge on any atom is -0.347 e. The Hall–Kier alpha value is -6.40. The quantitative estimate of drug-likeness (QED) is 0.122. The van der Waals surface area contributed by atoms with Crippen LogP contribution in [0.2, 0.25) is 0 Å². The van der Waals surface area contributed by atoms with E-state index < -0.39 is 0 Å². The van der Waals surface area contributed by atoms with Crippen LogP contribution in [-0.4, -0.2) is 56.0 Å². The van der Waals surface area contributed by atoms with Gasteiger partial charge in [-0.15, -0.1) is 0 Å². The van der Waals surface area contributed by atoms with Gasteiger partial charge in [0.2, 0.25) is 11.6 Å². The zero-order valence-electron chi connectivity index (χ0n) is 29.8. The highest BCUT2D eigenvalue weighted by molar-refractivity contribution is 5.60. The molecule has 2 fully saturated rings. The summed E-state index contributed by atoms with van der Waals surface area (Å²) in [5, 5.41) is 22.6. The number of hydrogen-bond donors (Lipinski definition) is 0. The SMILES string of the molecule is Cc1cccc(C#C/C=C2\CCCN(c3nc(C)ccc3[N+](=O)[O-])C2)n1.Cc1cccc(C#C/C=C2\CCCN(c3nc(C)ccc3[N+](=O)[O-])C2)n1. The summed E-state index contributed by atoms with van der Waals surface area (Å²) in [6, 6.07) is 17.9. The number of hydrogen-bond acceptors (Lipinski definition) is 10. The van der Waals surface area contributed by atoms with E-state index in [4.69, 9.17) is 0 Å². The Labute approximate surface area is 303 Å². The van der Waals surface area contributed by atoms with Crippen LogP contribution in [0.4, 0.5) is 23.0 Å². The molecule has 0 aliphatic carbocycles. The van der Waals surface area contributed by atoms with Crippen molar-refractivity contribution in [3.05, 3.63) is 138 Å². The zero-order chi connectivity index (χ0) is 37.0. The maximum atomic E-state index is 11.3. The molecule has 0 amide bonds. The van der Waals surface area contributed by atoms with Crippen molar-refractivity contribution in [3.8, 4) is 23.7 Å². The Balaban J connectivity index is 0.000000201. The second-order valence-electron chi connectivity index (χ2n) is 12.6. The van der Waals surface area contributed by atoms with Crippen molar-refractivity contribution in [1.82, 2.24) is 19.9 Å². The van der Waals surface area contributed by atoms with Crippen molar-refractivity contribution in [3.63, 3.8) is 0 Å². The lowest BCUT2D eigenvalue weighted by molar-refractivity contribution is -0.384. The molecule has 6 rings (SSSR count). The zero-order valence-corrected chi connectivity index (χ0v) is 29.8. The van der Waals surface area contributed by atoms with Gasteiger partial charge in [-0.3, -0.25) is 20.2 Å². The second-order valence-corrected chi connectivity index (χ2v) is 12.6. The van der Waals surface area contributed by atoms with E-state index >= 15 is 0 Å². The van der Waals surface area contributed by atoms with Crippen LogP contribution in [0.15, 0.2) is 84.0 Å². The normalized spacial score (nSPS) is 15.5. The molecular formula is C40H40N8O4. The van der Waals surface area contributed by atoms with Crippen LogP contribution < -0.4 is 9.80 Å². The van der Waals surface area contributed by atoms with E-state index in [1.165, 1.54) is 12.1 Å². The highest BCUT2D eigenvalue weighted by Gasteiger charge is 2.25. The van der Waals surface area contributed by atoms with Gasteiger partial charge < -0.3 is 9.80 Å². The minimum absolute atomic E-state index is 0.0481. The molecule has 4 aromatic heterocycles.